The molecule has 6 aromatic rings. The molecule has 2 nitrogen and oxygen atoms in total. The summed E-state index contributed by atoms with van der Waals surface area (Å²) in [4.78, 5) is 0. The van der Waals surface area contributed by atoms with Crippen molar-refractivity contribution in [2.45, 2.75) is 38.9 Å². The molecule has 1 saturated heterocycles. The molecule has 1 fully saturated rings. The zero-order chi connectivity index (χ0) is 25.4. The second-order valence-electron chi connectivity index (χ2n) is 11.2. The van der Waals surface area contributed by atoms with Crippen molar-refractivity contribution >= 4 is 44.9 Å². The fourth-order valence-electron chi connectivity index (χ4n) is 5.72. The van der Waals surface area contributed by atoms with E-state index in [1.165, 1.54) is 54.6 Å². The van der Waals surface area contributed by atoms with Gasteiger partial charge in [0.2, 0.25) is 0 Å². The standard InChI is InChI=1S/C34H29BO2/c1-33(2)34(3,4)37-35(36-33)26-16-10-23(11-17-26)28-19-13-25-14-20-29-27(22-8-6-5-7-9-22)18-12-24-15-21-30(28)32(25)31(24)29/h5-21H,1-4H3. The highest BCUT2D eigenvalue weighted by atomic mass is 16.7. The van der Waals surface area contributed by atoms with Gasteiger partial charge in [-0.1, -0.05) is 103 Å². The van der Waals surface area contributed by atoms with E-state index in [1.807, 2.05) is 0 Å². The molecule has 0 saturated carbocycles. The molecule has 37 heavy (non-hydrogen) atoms. The lowest BCUT2D eigenvalue weighted by Gasteiger charge is -2.32. The van der Waals surface area contributed by atoms with Crippen molar-refractivity contribution in [3.8, 4) is 22.3 Å². The zero-order valence-corrected chi connectivity index (χ0v) is 21.7. The van der Waals surface area contributed by atoms with Crippen molar-refractivity contribution < 1.29 is 9.31 Å². The van der Waals surface area contributed by atoms with Crippen LogP contribution in [-0.4, -0.2) is 18.3 Å². The summed E-state index contributed by atoms with van der Waals surface area (Å²) in [5.41, 5.74) is 5.32. The normalized spacial score (nSPS) is 16.8. The predicted octanol–water partition coefficient (Wildman–Crippen LogP) is 8.22. The number of rotatable bonds is 3. The zero-order valence-electron chi connectivity index (χ0n) is 21.7. The average Bonchev–Trinajstić information content (AvgIpc) is 3.14. The van der Waals surface area contributed by atoms with E-state index >= 15 is 0 Å². The Labute approximate surface area is 218 Å². The molecule has 6 aromatic carbocycles. The van der Waals surface area contributed by atoms with Crippen LogP contribution in [0.25, 0.3) is 54.6 Å². The first-order valence-corrected chi connectivity index (χ1v) is 13.0. The fourth-order valence-corrected chi connectivity index (χ4v) is 5.72. The van der Waals surface area contributed by atoms with Gasteiger partial charge in [0.25, 0.3) is 0 Å². The van der Waals surface area contributed by atoms with Gasteiger partial charge in [-0.25, -0.2) is 0 Å². The Morgan fingerprint density at radius 1 is 0.486 bits per heavy atom. The van der Waals surface area contributed by atoms with Gasteiger partial charge in [0.15, 0.2) is 0 Å². The van der Waals surface area contributed by atoms with Gasteiger partial charge in [0.1, 0.15) is 0 Å². The SMILES string of the molecule is CC1(C)OB(c2ccc(-c3ccc4ccc5c(-c6ccccc6)ccc6ccc3c4c65)cc2)OC1(C)C. The monoisotopic (exact) mass is 480 g/mol. The van der Waals surface area contributed by atoms with Gasteiger partial charge in [-0.3, -0.25) is 0 Å². The summed E-state index contributed by atoms with van der Waals surface area (Å²) < 4.78 is 12.5. The summed E-state index contributed by atoms with van der Waals surface area (Å²) in [6.07, 6.45) is 0. The Balaban J connectivity index is 1.36. The highest BCUT2D eigenvalue weighted by molar-refractivity contribution is 6.62. The maximum absolute atomic E-state index is 6.27. The van der Waals surface area contributed by atoms with Crippen molar-refractivity contribution in [1.29, 1.82) is 0 Å². The summed E-state index contributed by atoms with van der Waals surface area (Å²) in [5.74, 6) is 0. The van der Waals surface area contributed by atoms with Gasteiger partial charge >= 0.3 is 7.12 Å². The van der Waals surface area contributed by atoms with Crippen molar-refractivity contribution in [1.82, 2.24) is 0 Å². The highest BCUT2D eigenvalue weighted by Crippen LogP contribution is 2.42. The van der Waals surface area contributed by atoms with Crippen molar-refractivity contribution in [2.75, 3.05) is 0 Å². The summed E-state index contributed by atoms with van der Waals surface area (Å²) in [6, 6.07) is 37.5. The lowest BCUT2D eigenvalue weighted by molar-refractivity contribution is 0.00578. The first-order chi connectivity index (χ1) is 17.8. The molecule has 180 valence electrons. The molecule has 0 aromatic heterocycles. The third kappa shape index (κ3) is 3.42. The van der Waals surface area contributed by atoms with Gasteiger partial charge in [0.05, 0.1) is 11.2 Å². The summed E-state index contributed by atoms with van der Waals surface area (Å²) >= 11 is 0. The molecule has 0 N–H and O–H groups in total. The Bertz CT molecular complexity index is 1750. The number of benzene rings is 6. The third-order valence-electron chi connectivity index (χ3n) is 8.50. The molecule has 0 aliphatic carbocycles. The number of hydrogen-bond donors (Lipinski definition) is 0. The molecular formula is C34H29BO2. The molecule has 1 aliphatic rings. The summed E-state index contributed by atoms with van der Waals surface area (Å²) in [6.45, 7) is 8.37. The molecule has 3 heteroatoms. The molecule has 0 atom stereocenters. The van der Waals surface area contributed by atoms with E-state index in [0.717, 1.165) is 5.46 Å². The Kier molecular flexibility index (Phi) is 4.82. The fraction of sp³-hybridized carbons (Fsp3) is 0.176. The summed E-state index contributed by atoms with van der Waals surface area (Å²) in [7, 11) is -0.350. The molecule has 0 amide bonds. The summed E-state index contributed by atoms with van der Waals surface area (Å²) in [5, 5.41) is 7.81. The molecule has 7 rings (SSSR count). The van der Waals surface area contributed by atoms with E-state index < -0.39 is 0 Å². The minimum Gasteiger partial charge on any atom is -0.399 e. The van der Waals surface area contributed by atoms with Crippen LogP contribution in [0, 0.1) is 0 Å². The van der Waals surface area contributed by atoms with Gasteiger partial charge < -0.3 is 9.31 Å². The maximum atomic E-state index is 6.27. The Morgan fingerprint density at radius 3 is 1.46 bits per heavy atom. The molecule has 1 heterocycles. The van der Waals surface area contributed by atoms with Gasteiger partial charge in [0, 0.05) is 0 Å². The van der Waals surface area contributed by atoms with Crippen LogP contribution in [-0.2, 0) is 9.31 Å². The average molecular weight is 480 g/mol. The molecular weight excluding hydrogens is 451 g/mol. The lowest BCUT2D eigenvalue weighted by atomic mass is 9.78. The molecule has 0 spiro atoms. The molecule has 1 aliphatic heterocycles. The quantitative estimate of drug-likeness (QED) is 0.188. The Morgan fingerprint density at radius 2 is 0.946 bits per heavy atom. The van der Waals surface area contributed by atoms with Crippen molar-refractivity contribution in [2.24, 2.45) is 0 Å². The minimum atomic E-state index is -0.350. The minimum absolute atomic E-state index is 0.346. The Hall–Kier alpha value is -3.66. The lowest BCUT2D eigenvalue weighted by Crippen LogP contribution is -2.41. The first kappa shape index (κ1) is 22.5. The van der Waals surface area contributed by atoms with Gasteiger partial charge in [-0.15, -0.1) is 0 Å². The van der Waals surface area contributed by atoms with Crippen molar-refractivity contribution in [3.05, 3.63) is 103 Å². The van der Waals surface area contributed by atoms with Crippen LogP contribution >= 0.6 is 0 Å². The van der Waals surface area contributed by atoms with E-state index in [0.29, 0.717) is 0 Å². The smallest absolute Gasteiger partial charge is 0.399 e. The van der Waals surface area contributed by atoms with E-state index in [4.69, 9.17) is 9.31 Å². The second kappa shape index (κ2) is 7.92. The van der Waals surface area contributed by atoms with Crippen LogP contribution in [0.15, 0.2) is 103 Å². The highest BCUT2D eigenvalue weighted by Gasteiger charge is 2.51. The van der Waals surface area contributed by atoms with E-state index in [1.54, 1.807) is 0 Å². The van der Waals surface area contributed by atoms with E-state index in [-0.39, 0.29) is 18.3 Å². The van der Waals surface area contributed by atoms with Crippen LogP contribution in [0.4, 0.5) is 0 Å². The second-order valence-corrected chi connectivity index (χ2v) is 11.2. The van der Waals surface area contributed by atoms with Crippen LogP contribution < -0.4 is 5.46 Å². The van der Waals surface area contributed by atoms with Gasteiger partial charge in [-0.05, 0) is 87.7 Å². The van der Waals surface area contributed by atoms with Crippen LogP contribution in [0.1, 0.15) is 27.7 Å². The molecule has 0 bridgehead atoms. The van der Waals surface area contributed by atoms with E-state index in [2.05, 4.69) is 131 Å². The first-order valence-electron chi connectivity index (χ1n) is 13.0. The van der Waals surface area contributed by atoms with Crippen LogP contribution in [0.5, 0.6) is 0 Å². The molecule has 0 radical (unpaired) electrons. The van der Waals surface area contributed by atoms with Crippen molar-refractivity contribution in [3.63, 3.8) is 0 Å². The topological polar surface area (TPSA) is 18.5 Å². The van der Waals surface area contributed by atoms with Crippen LogP contribution in [0.2, 0.25) is 0 Å². The third-order valence-corrected chi connectivity index (χ3v) is 8.50. The van der Waals surface area contributed by atoms with E-state index in [9.17, 15) is 0 Å². The van der Waals surface area contributed by atoms with Crippen LogP contribution in [0.3, 0.4) is 0 Å². The largest absolute Gasteiger partial charge is 0.494 e. The molecule has 0 unspecified atom stereocenters. The predicted molar refractivity (Wildman–Crippen MR) is 157 cm³/mol. The number of hydrogen-bond acceptors (Lipinski definition) is 2. The van der Waals surface area contributed by atoms with Gasteiger partial charge in [-0.2, -0.15) is 0 Å². The maximum Gasteiger partial charge on any atom is 0.494 e.